The van der Waals surface area contributed by atoms with Gasteiger partial charge in [0.2, 0.25) is 11.8 Å². The Morgan fingerprint density at radius 2 is 2.03 bits per heavy atom. The molecule has 0 saturated carbocycles. The smallest absolute Gasteiger partial charge is 0.254 e. The first kappa shape index (κ1) is 21.1. The molecule has 3 amide bonds. The fraction of sp³-hybridized carbons (Fsp3) is 0.320. The number of carbonyl (C=O) groups is 3. The van der Waals surface area contributed by atoms with Gasteiger partial charge in [-0.05, 0) is 61.6 Å². The van der Waals surface area contributed by atoms with Gasteiger partial charge < -0.3 is 25.7 Å². The van der Waals surface area contributed by atoms with Gasteiger partial charge in [0.1, 0.15) is 11.8 Å². The van der Waals surface area contributed by atoms with Crippen LogP contribution in [0.3, 0.4) is 0 Å². The van der Waals surface area contributed by atoms with Gasteiger partial charge in [0.05, 0.1) is 24.4 Å². The highest BCUT2D eigenvalue weighted by Crippen LogP contribution is 2.36. The molecule has 0 fully saturated rings. The Bertz CT molecular complexity index is 1250. The van der Waals surface area contributed by atoms with Crippen molar-refractivity contribution >= 4 is 34.3 Å². The van der Waals surface area contributed by atoms with Crippen LogP contribution in [0.15, 0.2) is 42.5 Å². The van der Waals surface area contributed by atoms with Crippen molar-refractivity contribution in [3.63, 3.8) is 0 Å². The van der Waals surface area contributed by atoms with Gasteiger partial charge in [0, 0.05) is 23.0 Å². The van der Waals surface area contributed by atoms with Gasteiger partial charge in [-0.1, -0.05) is 12.1 Å². The minimum Gasteiger partial charge on any atom is -0.497 e. The Balaban J connectivity index is 1.25. The summed E-state index contributed by atoms with van der Waals surface area (Å²) in [6.45, 7) is 0. The third-order valence-electron chi connectivity index (χ3n) is 6.46. The molecule has 8 nitrogen and oxygen atoms in total. The molecule has 170 valence electrons. The van der Waals surface area contributed by atoms with Crippen molar-refractivity contribution in [3.05, 3.63) is 59.3 Å². The summed E-state index contributed by atoms with van der Waals surface area (Å²) in [4.78, 5) is 41.3. The first-order valence-electron chi connectivity index (χ1n) is 11.2. The monoisotopic (exact) mass is 446 g/mol. The van der Waals surface area contributed by atoms with E-state index in [4.69, 9.17) is 4.74 Å². The van der Waals surface area contributed by atoms with Crippen LogP contribution in [0, 0.1) is 0 Å². The Morgan fingerprint density at radius 1 is 1.18 bits per heavy atom. The number of methoxy groups -OCH3 is 1. The van der Waals surface area contributed by atoms with Crippen molar-refractivity contribution < 1.29 is 19.1 Å². The molecule has 5 rings (SSSR count). The zero-order valence-corrected chi connectivity index (χ0v) is 18.4. The Hall–Kier alpha value is -3.81. The molecule has 4 N–H and O–H groups in total. The van der Waals surface area contributed by atoms with E-state index in [1.54, 1.807) is 31.4 Å². The van der Waals surface area contributed by atoms with Crippen LogP contribution in [0.1, 0.15) is 53.3 Å². The molecule has 1 aliphatic heterocycles. The Kier molecular flexibility index (Phi) is 5.50. The molecular formula is C25H26N4O4. The topological polar surface area (TPSA) is 112 Å². The number of nitrogens with one attached hydrogen (secondary N) is 4. The van der Waals surface area contributed by atoms with Crippen LogP contribution in [0.5, 0.6) is 5.75 Å². The van der Waals surface area contributed by atoms with Crippen molar-refractivity contribution in [2.45, 2.75) is 44.2 Å². The maximum absolute atomic E-state index is 12.8. The number of amides is 3. The molecule has 0 spiro atoms. The molecule has 2 heterocycles. The van der Waals surface area contributed by atoms with Gasteiger partial charge in [-0.15, -0.1) is 0 Å². The number of aryl methyl sites for hydroxylation is 1. The molecular weight excluding hydrogens is 420 g/mol. The maximum atomic E-state index is 12.8. The second kappa shape index (κ2) is 8.61. The van der Waals surface area contributed by atoms with Crippen molar-refractivity contribution in [3.8, 4) is 5.75 Å². The van der Waals surface area contributed by atoms with Gasteiger partial charge in [-0.3, -0.25) is 14.4 Å². The number of hydrogen-bond donors (Lipinski definition) is 4. The number of hydrogen-bond acceptors (Lipinski definition) is 4. The first-order chi connectivity index (χ1) is 16.0. The van der Waals surface area contributed by atoms with E-state index in [1.807, 2.05) is 18.2 Å². The molecule has 2 aromatic carbocycles. The molecule has 2 aliphatic rings. The molecule has 8 heteroatoms. The number of aromatic nitrogens is 1. The SMILES string of the molecule is COc1ccc2[nH]c3c(c2c1)CCCC3NC(=O)CCC1NC(=O)c2ccccc2NC1=O. The van der Waals surface area contributed by atoms with Crippen molar-refractivity contribution in [1.29, 1.82) is 0 Å². The van der Waals surface area contributed by atoms with E-state index in [2.05, 4.69) is 20.9 Å². The zero-order valence-electron chi connectivity index (χ0n) is 18.4. The number of carbonyl (C=O) groups excluding carboxylic acids is 3. The predicted octanol–water partition coefficient (Wildman–Crippen LogP) is 3.20. The Labute approximate surface area is 191 Å². The standard InChI is InChI=1S/C25H26N4O4/c1-33-14-9-10-19-17(13-14)15-6-4-8-20(23(15)27-19)26-22(30)12-11-21-25(32)28-18-7-3-2-5-16(18)24(31)29-21/h2-3,5,7,9-10,13,20-21,27H,4,6,8,11-12H2,1H3,(H,26,30)(H,28,32)(H,29,31). The summed E-state index contributed by atoms with van der Waals surface area (Å²) < 4.78 is 5.36. The minimum atomic E-state index is -0.766. The lowest BCUT2D eigenvalue weighted by molar-refractivity contribution is -0.122. The third kappa shape index (κ3) is 4.04. The maximum Gasteiger partial charge on any atom is 0.254 e. The number of benzene rings is 2. The van der Waals surface area contributed by atoms with Crippen molar-refractivity contribution in [1.82, 2.24) is 15.6 Å². The highest BCUT2D eigenvalue weighted by Gasteiger charge is 2.29. The molecule has 3 aromatic rings. The summed E-state index contributed by atoms with van der Waals surface area (Å²) in [5.41, 5.74) is 4.18. The summed E-state index contributed by atoms with van der Waals surface area (Å²) in [5, 5.41) is 9.76. The average Bonchev–Trinajstić information content (AvgIpc) is 3.15. The molecule has 0 bridgehead atoms. The largest absolute Gasteiger partial charge is 0.497 e. The van der Waals surface area contributed by atoms with Crippen LogP contribution in [0.25, 0.3) is 10.9 Å². The average molecular weight is 447 g/mol. The molecule has 1 aromatic heterocycles. The summed E-state index contributed by atoms with van der Waals surface area (Å²) in [6.07, 6.45) is 3.12. The number of aromatic amines is 1. The molecule has 2 atom stereocenters. The zero-order chi connectivity index (χ0) is 22.9. The van der Waals surface area contributed by atoms with E-state index in [-0.39, 0.29) is 36.6 Å². The molecule has 1 aliphatic carbocycles. The summed E-state index contributed by atoms with van der Waals surface area (Å²) in [7, 11) is 1.65. The van der Waals surface area contributed by atoms with Crippen LogP contribution >= 0.6 is 0 Å². The summed E-state index contributed by atoms with van der Waals surface area (Å²) in [6, 6.07) is 11.9. The van der Waals surface area contributed by atoms with Gasteiger partial charge >= 0.3 is 0 Å². The Morgan fingerprint density at radius 3 is 2.88 bits per heavy atom. The van der Waals surface area contributed by atoms with Crippen LogP contribution in [-0.2, 0) is 16.0 Å². The molecule has 0 radical (unpaired) electrons. The number of para-hydroxylation sites is 1. The van der Waals surface area contributed by atoms with Crippen LogP contribution < -0.4 is 20.7 Å². The van der Waals surface area contributed by atoms with Crippen LogP contribution in [-0.4, -0.2) is 35.9 Å². The lowest BCUT2D eigenvalue weighted by atomic mass is 9.91. The minimum absolute atomic E-state index is 0.110. The highest BCUT2D eigenvalue weighted by molar-refractivity contribution is 6.09. The number of ether oxygens (including phenoxy) is 1. The number of fused-ring (bicyclic) bond motifs is 4. The molecule has 0 saturated heterocycles. The lowest BCUT2D eigenvalue weighted by Gasteiger charge is -2.24. The first-order valence-corrected chi connectivity index (χ1v) is 11.2. The van der Waals surface area contributed by atoms with Gasteiger partial charge in [0.25, 0.3) is 5.91 Å². The summed E-state index contributed by atoms with van der Waals surface area (Å²) in [5.74, 6) is 0.0274. The number of H-pyrrole nitrogens is 1. The van der Waals surface area contributed by atoms with E-state index in [0.717, 1.165) is 41.6 Å². The summed E-state index contributed by atoms with van der Waals surface area (Å²) >= 11 is 0. The van der Waals surface area contributed by atoms with E-state index >= 15 is 0 Å². The van der Waals surface area contributed by atoms with Crippen LogP contribution in [0.4, 0.5) is 5.69 Å². The predicted molar refractivity (Wildman–Crippen MR) is 124 cm³/mol. The highest BCUT2D eigenvalue weighted by atomic mass is 16.5. The van der Waals surface area contributed by atoms with E-state index in [0.29, 0.717) is 11.3 Å². The number of anilines is 1. The fourth-order valence-corrected chi connectivity index (χ4v) is 4.77. The second-order valence-electron chi connectivity index (χ2n) is 8.54. The molecule has 33 heavy (non-hydrogen) atoms. The van der Waals surface area contributed by atoms with Gasteiger partial charge in [0.15, 0.2) is 0 Å². The normalized spacial score (nSPS) is 19.7. The van der Waals surface area contributed by atoms with E-state index in [9.17, 15) is 14.4 Å². The number of rotatable bonds is 5. The van der Waals surface area contributed by atoms with Crippen molar-refractivity contribution in [2.24, 2.45) is 0 Å². The van der Waals surface area contributed by atoms with Gasteiger partial charge in [-0.2, -0.15) is 0 Å². The van der Waals surface area contributed by atoms with Crippen molar-refractivity contribution in [2.75, 3.05) is 12.4 Å². The lowest BCUT2D eigenvalue weighted by Crippen LogP contribution is -2.42. The van der Waals surface area contributed by atoms with E-state index < -0.39 is 6.04 Å². The third-order valence-corrected chi connectivity index (χ3v) is 6.46. The molecule has 2 unspecified atom stereocenters. The fourth-order valence-electron chi connectivity index (χ4n) is 4.77. The quantitative estimate of drug-likeness (QED) is 0.482. The van der Waals surface area contributed by atoms with E-state index in [1.165, 1.54) is 5.56 Å². The van der Waals surface area contributed by atoms with Gasteiger partial charge in [-0.25, -0.2) is 0 Å². The van der Waals surface area contributed by atoms with Crippen LogP contribution in [0.2, 0.25) is 0 Å². The second-order valence-corrected chi connectivity index (χ2v) is 8.54.